The van der Waals surface area contributed by atoms with E-state index < -0.39 is 0 Å². The van der Waals surface area contributed by atoms with Gasteiger partial charge in [0.15, 0.2) is 0 Å². The van der Waals surface area contributed by atoms with Crippen LogP contribution in [0.15, 0.2) is 27.7 Å². The summed E-state index contributed by atoms with van der Waals surface area (Å²) in [5, 5.41) is 11.0. The zero-order valence-corrected chi connectivity index (χ0v) is 9.02. The Labute approximate surface area is 90.0 Å². The third kappa shape index (κ3) is 2.74. The van der Waals surface area contributed by atoms with Crippen molar-refractivity contribution in [3.8, 4) is 6.07 Å². The summed E-state index contributed by atoms with van der Waals surface area (Å²) < 4.78 is 0.932. The highest BCUT2D eigenvalue weighted by Crippen LogP contribution is 2.16. The molecule has 4 heteroatoms. The van der Waals surface area contributed by atoms with E-state index in [1.165, 1.54) is 0 Å². The van der Waals surface area contributed by atoms with Gasteiger partial charge < -0.3 is 0 Å². The van der Waals surface area contributed by atoms with Crippen LogP contribution in [0.4, 0.5) is 0 Å². The van der Waals surface area contributed by atoms with Crippen molar-refractivity contribution in [3.63, 3.8) is 0 Å². The largest absolute Gasteiger partial charge is 0.228 e. The summed E-state index contributed by atoms with van der Waals surface area (Å²) in [6.45, 7) is 0.409. The quantitative estimate of drug-likeness (QED) is 0.600. The molecule has 1 aromatic rings. The number of benzene rings is 1. The molecule has 0 N–H and O–H groups in total. The lowest BCUT2D eigenvalue weighted by Gasteiger charge is -1.99. The number of nitriles is 1. The molecule has 0 aromatic heterocycles. The highest BCUT2D eigenvalue weighted by molar-refractivity contribution is 9.10. The number of hydrogen-bond acceptors (Lipinski definition) is 3. The van der Waals surface area contributed by atoms with Crippen LogP contribution in [0.1, 0.15) is 11.1 Å². The monoisotopic (exact) mass is 252 g/mol. The predicted molar refractivity (Wildman–Crippen MR) is 57.6 cm³/mol. The maximum Gasteiger partial charge on any atom is 0.0995 e. The number of aliphatic imine (C=N–C) groups is 1. The molecule has 1 rings (SSSR count). The van der Waals surface area contributed by atoms with Crippen molar-refractivity contribution in [1.82, 2.24) is 0 Å². The van der Waals surface area contributed by atoms with Gasteiger partial charge in [-0.3, -0.25) is 0 Å². The van der Waals surface area contributed by atoms with Gasteiger partial charge in [0.05, 0.1) is 23.3 Å². The Bertz CT molecular complexity index is 403. The summed E-state index contributed by atoms with van der Waals surface area (Å²) in [6, 6.07) is 7.52. The summed E-state index contributed by atoms with van der Waals surface area (Å²) in [7, 11) is 0. The Morgan fingerprint density at radius 2 is 2.31 bits per heavy atom. The van der Waals surface area contributed by atoms with Gasteiger partial charge in [-0.1, -0.05) is 15.9 Å². The molecular formula is C9H5BrN2S. The number of rotatable bonds is 2. The molecule has 1 aromatic carbocycles. The first kappa shape index (κ1) is 10.1. The van der Waals surface area contributed by atoms with Gasteiger partial charge in [-0.25, -0.2) is 4.99 Å². The maximum absolute atomic E-state index is 8.76. The van der Waals surface area contributed by atoms with E-state index in [9.17, 15) is 0 Å². The van der Waals surface area contributed by atoms with Gasteiger partial charge in [-0.2, -0.15) is 5.26 Å². The molecule has 0 unspecified atom stereocenters. The Morgan fingerprint density at radius 3 is 2.92 bits per heavy atom. The van der Waals surface area contributed by atoms with Crippen LogP contribution in [0, 0.1) is 11.3 Å². The minimum atomic E-state index is 0.409. The summed E-state index contributed by atoms with van der Waals surface area (Å²) in [6.07, 6.45) is 0. The average molecular weight is 253 g/mol. The number of isothiocyanates is 1. The number of halogens is 1. The Morgan fingerprint density at radius 1 is 1.54 bits per heavy atom. The van der Waals surface area contributed by atoms with Gasteiger partial charge in [0, 0.05) is 4.47 Å². The number of hydrogen-bond donors (Lipinski definition) is 0. The van der Waals surface area contributed by atoms with E-state index >= 15 is 0 Å². The van der Waals surface area contributed by atoms with E-state index in [4.69, 9.17) is 5.26 Å². The van der Waals surface area contributed by atoms with Crippen LogP contribution in [0.2, 0.25) is 0 Å². The third-order valence-electron chi connectivity index (χ3n) is 1.50. The average Bonchev–Trinajstić information content (AvgIpc) is 2.15. The minimum Gasteiger partial charge on any atom is -0.228 e. The van der Waals surface area contributed by atoms with Crippen LogP contribution >= 0.6 is 28.1 Å². The summed E-state index contributed by atoms with van der Waals surface area (Å²) >= 11 is 7.77. The zero-order valence-electron chi connectivity index (χ0n) is 6.62. The smallest absolute Gasteiger partial charge is 0.0995 e. The third-order valence-corrected chi connectivity index (χ3v) is 2.12. The van der Waals surface area contributed by atoms with Crippen LogP contribution in [-0.4, -0.2) is 5.16 Å². The van der Waals surface area contributed by atoms with Crippen molar-refractivity contribution < 1.29 is 0 Å². The number of thiocarbonyl (C=S) groups is 1. The first-order valence-electron chi connectivity index (χ1n) is 3.50. The van der Waals surface area contributed by atoms with Crippen LogP contribution in [0.25, 0.3) is 0 Å². The fourth-order valence-electron chi connectivity index (χ4n) is 0.920. The topological polar surface area (TPSA) is 36.1 Å². The van der Waals surface area contributed by atoms with Gasteiger partial charge in [-0.05, 0) is 36.0 Å². The predicted octanol–water partition coefficient (Wildman–Crippen LogP) is 2.92. The molecule has 64 valence electrons. The van der Waals surface area contributed by atoms with Crippen LogP contribution in [-0.2, 0) is 6.54 Å². The molecule has 0 spiro atoms. The highest BCUT2D eigenvalue weighted by atomic mass is 79.9. The van der Waals surface area contributed by atoms with E-state index in [1.54, 1.807) is 6.07 Å². The van der Waals surface area contributed by atoms with Crippen molar-refractivity contribution in [1.29, 1.82) is 5.26 Å². The minimum absolute atomic E-state index is 0.409. The Balaban J connectivity index is 3.09. The molecule has 2 nitrogen and oxygen atoms in total. The Hall–Kier alpha value is -1.01. The van der Waals surface area contributed by atoms with E-state index in [1.807, 2.05) is 12.1 Å². The second-order valence-electron chi connectivity index (χ2n) is 2.32. The van der Waals surface area contributed by atoms with Crippen molar-refractivity contribution in [2.75, 3.05) is 0 Å². The van der Waals surface area contributed by atoms with Crippen LogP contribution in [0.5, 0.6) is 0 Å². The molecule has 0 radical (unpaired) electrons. The summed E-state index contributed by atoms with van der Waals surface area (Å²) in [4.78, 5) is 3.78. The molecule has 13 heavy (non-hydrogen) atoms. The van der Waals surface area contributed by atoms with E-state index in [-0.39, 0.29) is 0 Å². The van der Waals surface area contributed by atoms with Gasteiger partial charge in [0.1, 0.15) is 0 Å². The lowest BCUT2D eigenvalue weighted by atomic mass is 10.1. The number of nitrogens with zero attached hydrogens (tertiary/aromatic N) is 2. The fourth-order valence-corrected chi connectivity index (χ4v) is 1.39. The van der Waals surface area contributed by atoms with Gasteiger partial charge in [0.2, 0.25) is 0 Å². The van der Waals surface area contributed by atoms with Crippen molar-refractivity contribution >= 4 is 33.3 Å². The SMILES string of the molecule is N#Cc1ccc(Br)cc1CN=C=S. The lowest BCUT2D eigenvalue weighted by Crippen LogP contribution is -1.87. The molecule has 0 aliphatic rings. The molecule has 0 bridgehead atoms. The van der Waals surface area contributed by atoms with Gasteiger partial charge in [-0.15, -0.1) is 0 Å². The van der Waals surface area contributed by atoms with Crippen molar-refractivity contribution in [2.24, 2.45) is 4.99 Å². The molecule has 0 aliphatic heterocycles. The molecule has 0 amide bonds. The van der Waals surface area contributed by atoms with Gasteiger partial charge >= 0.3 is 0 Å². The van der Waals surface area contributed by atoms with Crippen molar-refractivity contribution in [2.45, 2.75) is 6.54 Å². The lowest BCUT2D eigenvalue weighted by molar-refractivity contribution is 1.07. The van der Waals surface area contributed by atoms with E-state index in [2.05, 4.69) is 44.4 Å². The van der Waals surface area contributed by atoms with E-state index in [0.717, 1.165) is 10.0 Å². The first-order valence-corrected chi connectivity index (χ1v) is 4.70. The standard InChI is InChI=1S/C9H5BrN2S/c10-9-2-1-7(4-11)8(3-9)5-12-6-13/h1-3H,5H2. The Kier molecular flexibility index (Phi) is 3.78. The van der Waals surface area contributed by atoms with E-state index in [0.29, 0.717) is 12.1 Å². The summed E-state index contributed by atoms with van der Waals surface area (Å²) in [5.74, 6) is 0. The maximum atomic E-state index is 8.76. The zero-order chi connectivity index (χ0) is 9.68. The van der Waals surface area contributed by atoms with Crippen LogP contribution < -0.4 is 0 Å². The summed E-state index contributed by atoms with van der Waals surface area (Å²) in [5.41, 5.74) is 1.48. The molecule has 0 fully saturated rings. The molecule has 0 aliphatic carbocycles. The second kappa shape index (κ2) is 4.88. The fraction of sp³-hybridized carbons (Fsp3) is 0.111. The second-order valence-corrected chi connectivity index (χ2v) is 3.42. The van der Waals surface area contributed by atoms with Crippen LogP contribution in [0.3, 0.4) is 0 Å². The molecule has 0 atom stereocenters. The molecule has 0 heterocycles. The molecular weight excluding hydrogens is 248 g/mol. The highest BCUT2D eigenvalue weighted by Gasteiger charge is 2.00. The van der Waals surface area contributed by atoms with Gasteiger partial charge in [0.25, 0.3) is 0 Å². The molecule has 0 saturated carbocycles. The molecule has 0 saturated heterocycles. The van der Waals surface area contributed by atoms with Crippen molar-refractivity contribution in [3.05, 3.63) is 33.8 Å². The normalized spacial score (nSPS) is 8.62. The first-order chi connectivity index (χ1) is 6.27.